The molecule has 230 valence electrons. The quantitative estimate of drug-likeness (QED) is 0.190. The Morgan fingerprint density at radius 3 is 2.00 bits per heavy atom. The summed E-state index contributed by atoms with van der Waals surface area (Å²) in [7, 11) is 0. The molecule has 2 heterocycles. The van der Waals surface area contributed by atoms with Crippen LogP contribution in [0.5, 0.6) is 0 Å². The van der Waals surface area contributed by atoms with Crippen molar-refractivity contribution in [1.29, 1.82) is 0 Å². The number of fused-ring (bicyclic) bond motifs is 7. The van der Waals surface area contributed by atoms with E-state index in [-0.39, 0.29) is 0 Å². The van der Waals surface area contributed by atoms with Crippen LogP contribution < -0.4 is 4.90 Å². The molecule has 0 amide bonds. The number of furan rings is 1. The van der Waals surface area contributed by atoms with E-state index in [1.165, 1.54) is 21.9 Å². The van der Waals surface area contributed by atoms with Gasteiger partial charge in [0.25, 0.3) is 0 Å². The van der Waals surface area contributed by atoms with Crippen LogP contribution in [0.2, 0.25) is 0 Å². The lowest BCUT2D eigenvalue weighted by Crippen LogP contribution is -2.10. The Labute approximate surface area is 282 Å². The molecule has 0 unspecified atom stereocenters. The Bertz CT molecular complexity index is 2800. The van der Waals surface area contributed by atoms with Crippen molar-refractivity contribution >= 4 is 71.6 Å². The minimum absolute atomic E-state index is 0.576. The smallest absolute Gasteiger partial charge is 0.228 e. The Kier molecular flexibility index (Phi) is 6.15. The molecule has 10 rings (SSSR count). The van der Waals surface area contributed by atoms with Crippen LogP contribution in [0.3, 0.4) is 0 Å². The van der Waals surface area contributed by atoms with Gasteiger partial charge in [0.2, 0.25) is 5.89 Å². The van der Waals surface area contributed by atoms with Crippen LogP contribution in [0.15, 0.2) is 179 Å². The molecule has 8 aromatic carbocycles. The van der Waals surface area contributed by atoms with Gasteiger partial charge >= 0.3 is 0 Å². The lowest BCUT2D eigenvalue weighted by atomic mass is 9.99. The summed E-state index contributed by atoms with van der Waals surface area (Å²) in [5, 5.41) is 6.51. The van der Waals surface area contributed by atoms with E-state index in [4.69, 9.17) is 13.8 Å². The Morgan fingerprint density at radius 2 is 1.14 bits per heavy atom. The topological polar surface area (TPSA) is 42.4 Å². The number of hydrogen-bond acceptors (Lipinski definition) is 4. The SMILES string of the molecule is c1ccc(-c2ccc(N(c3ccc4ccccc4c3)c3cc4c(oc5cccc(-c6nc7ccccc7o6)c54)c4ccccc34)cc2)cc1. The molecule has 0 N–H and O–H groups in total. The number of oxazole rings is 1. The van der Waals surface area contributed by atoms with Crippen molar-refractivity contribution < 1.29 is 8.83 Å². The first-order valence-corrected chi connectivity index (χ1v) is 16.5. The van der Waals surface area contributed by atoms with Crippen LogP contribution in [0.1, 0.15) is 0 Å². The molecule has 0 aliphatic heterocycles. The first-order valence-electron chi connectivity index (χ1n) is 16.5. The second-order valence-corrected chi connectivity index (χ2v) is 12.4. The van der Waals surface area contributed by atoms with Gasteiger partial charge in [-0.05, 0) is 76.5 Å². The highest BCUT2D eigenvalue weighted by Crippen LogP contribution is 2.47. The van der Waals surface area contributed by atoms with Gasteiger partial charge < -0.3 is 13.7 Å². The number of para-hydroxylation sites is 2. The van der Waals surface area contributed by atoms with Gasteiger partial charge in [0.05, 0.1) is 5.69 Å². The fraction of sp³-hybridized carbons (Fsp3) is 0. The number of aromatic nitrogens is 1. The highest BCUT2D eigenvalue weighted by molar-refractivity contribution is 6.22. The van der Waals surface area contributed by atoms with E-state index in [0.717, 1.165) is 66.4 Å². The monoisotopic (exact) mass is 628 g/mol. The molecule has 0 bridgehead atoms. The van der Waals surface area contributed by atoms with Crippen LogP contribution in [0.4, 0.5) is 17.1 Å². The van der Waals surface area contributed by atoms with Crippen molar-refractivity contribution in [3.05, 3.63) is 170 Å². The zero-order valence-corrected chi connectivity index (χ0v) is 26.4. The third-order valence-corrected chi connectivity index (χ3v) is 9.47. The van der Waals surface area contributed by atoms with E-state index in [2.05, 4.69) is 138 Å². The van der Waals surface area contributed by atoms with Gasteiger partial charge in [-0.2, -0.15) is 0 Å². The van der Waals surface area contributed by atoms with Crippen molar-refractivity contribution in [3.63, 3.8) is 0 Å². The van der Waals surface area contributed by atoms with E-state index < -0.39 is 0 Å². The fourth-order valence-electron chi connectivity index (χ4n) is 7.16. The van der Waals surface area contributed by atoms with E-state index in [9.17, 15) is 0 Å². The zero-order chi connectivity index (χ0) is 32.3. The summed E-state index contributed by atoms with van der Waals surface area (Å²) in [6.07, 6.45) is 0. The van der Waals surface area contributed by atoms with Crippen LogP contribution >= 0.6 is 0 Å². The number of benzene rings is 8. The third-order valence-electron chi connectivity index (χ3n) is 9.47. The minimum Gasteiger partial charge on any atom is -0.455 e. The minimum atomic E-state index is 0.576. The molecule has 0 aliphatic rings. The summed E-state index contributed by atoms with van der Waals surface area (Å²) in [5.41, 5.74) is 9.68. The molecule has 0 atom stereocenters. The van der Waals surface area contributed by atoms with Gasteiger partial charge in [-0.25, -0.2) is 4.98 Å². The molecular formula is C45H28N2O2. The third kappa shape index (κ3) is 4.49. The molecule has 10 aromatic rings. The molecule has 0 spiro atoms. The maximum atomic E-state index is 6.68. The van der Waals surface area contributed by atoms with Crippen molar-refractivity contribution in [2.75, 3.05) is 4.90 Å². The molecular weight excluding hydrogens is 601 g/mol. The van der Waals surface area contributed by atoms with Crippen LogP contribution in [-0.2, 0) is 0 Å². The summed E-state index contributed by atoms with van der Waals surface area (Å²) < 4.78 is 13.0. The maximum Gasteiger partial charge on any atom is 0.228 e. The highest BCUT2D eigenvalue weighted by atomic mass is 16.3. The lowest BCUT2D eigenvalue weighted by molar-refractivity contribution is 0.620. The standard InChI is InChI=1S/C45H28N2O2/c1-2-11-29(12-3-1)31-21-24-33(25-22-31)47(34-26-23-30-13-4-5-14-32(30)27-34)40-28-38-43-37(45-46-39-18-8-9-19-41(39)49-45)17-10-20-42(43)48-44(38)36-16-7-6-15-35(36)40/h1-28H. The van der Waals surface area contributed by atoms with Gasteiger partial charge in [0.15, 0.2) is 5.58 Å². The Balaban J connectivity index is 1.25. The average molecular weight is 629 g/mol. The average Bonchev–Trinajstić information content (AvgIpc) is 3.78. The summed E-state index contributed by atoms with van der Waals surface area (Å²) in [4.78, 5) is 7.24. The largest absolute Gasteiger partial charge is 0.455 e. The molecule has 0 radical (unpaired) electrons. The fourth-order valence-corrected chi connectivity index (χ4v) is 7.16. The van der Waals surface area contributed by atoms with Gasteiger partial charge in [0.1, 0.15) is 16.7 Å². The molecule has 0 saturated carbocycles. The first-order chi connectivity index (χ1) is 24.3. The van der Waals surface area contributed by atoms with Crippen molar-refractivity contribution in [1.82, 2.24) is 4.98 Å². The van der Waals surface area contributed by atoms with Crippen LogP contribution in [0, 0.1) is 0 Å². The lowest BCUT2D eigenvalue weighted by Gasteiger charge is -2.27. The van der Waals surface area contributed by atoms with Crippen molar-refractivity contribution in [3.8, 4) is 22.6 Å². The summed E-state index contributed by atoms with van der Waals surface area (Å²) in [6, 6.07) is 59.3. The second-order valence-electron chi connectivity index (χ2n) is 12.4. The number of rotatable bonds is 5. The van der Waals surface area contributed by atoms with Crippen molar-refractivity contribution in [2.45, 2.75) is 0 Å². The number of nitrogens with zero attached hydrogens (tertiary/aromatic N) is 2. The highest BCUT2D eigenvalue weighted by Gasteiger charge is 2.23. The molecule has 0 fully saturated rings. The summed E-state index contributed by atoms with van der Waals surface area (Å²) >= 11 is 0. The summed E-state index contributed by atoms with van der Waals surface area (Å²) in [5.74, 6) is 0.576. The van der Waals surface area contributed by atoms with Gasteiger partial charge in [-0.1, -0.05) is 115 Å². The van der Waals surface area contributed by atoms with Gasteiger partial charge in [-0.3, -0.25) is 0 Å². The van der Waals surface area contributed by atoms with Gasteiger partial charge in [-0.15, -0.1) is 0 Å². The van der Waals surface area contributed by atoms with E-state index >= 15 is 0 Å². The Hall–Kier alpha value is -6.65. The zero-order valence-electron chi connectivity index (χ0n) is 26.4. The number of anilines is 3. The van der Waals surface area contributed by atoms with Crippen molar-refractivity contribution in [2.24, 2.45) is 0 Å². The molecule has 49 heavy (non-hydrogen) atoms. The predicted molar refractivity (Wildman–Crippen MR) is 202 cm³/mol. The molecule has 4 heteroatoms. The molecule has 0 aliphatic carbocycles. The van der Waals surface area contributed by atoms with E-state index in [0.29, 0.717) is 5.89 Å². The molecule has 4 nitrogen and oxygen atoms in total. The predicted octanol–water partition coefficient (Wildman–Crippen LogP) is 12.8. The normalized spacial score (nSPS) is 11.7. The maximum absolute atomic E-state index is 6.68. The molecule has 2 aromatic heterocycles. The number of hydrogen-bond donors (Lipinski definition) is 0. The summed E-state index contributed by atoms with van der Waals surface area (Å²) in [6.45, 7) is 0. The van der Waals surface area contributed by atoms with Gasteiger partial charge in [0, 0.05) is 38.5 Å². The molecule has 0 saturated heterocycles. The second kappa shape index (κ2) is 11.0. The first kappa shape index (κ1) is 27.5. The van der Waals surface area contributed by atoms with Crippen LogP contribution in [0.25, 0.3) is 77.2 Å². The van der Waals surface area contributed by atoms with E-state index in [1.54, 1.807) is 0 Å². The van der Waals surface area contributed by atoms with E-state index in [1.807, 2.05) is 36.4 Å². The Morgan fingerprint density at radius 1 is 0.449 bits per heavy atom. The van der Waals surface area contributed by atoms with Crippen LogP contribution in [-0.4, -0.2) is 4.98 Å².